The molecular weight excluding hydrogens is 326 g/mol. The van der Waals surface area contributed by atoms with Crippen LogP contribution in [0.4, 0.5) is 0 Å². The topological polar surface area (TPSA) is 137 Å². The summed E-state index contributed by atoms with van der Waals surface area (Å²) < 4.78 is 20.4. The molecule has 136 valence electrons. The number of carbonyl (C=O) groups excluding carboxylic acids is 4. The molecule has 1 amide bonds. The number of ether oxygens (including phenoxy) is 4. The van der Waals surface area contributed by atoms with Gasteiger partial charge in [0.2, 0.25) is 18.3 Å². The van der Waals surface area contributed by atoms with Crippen LogP contribution in [0.3, 0.4) is 0 Å². The van der Waals surface area contributed by atoms with Gasteiger partial charge in [0.25, 0.3) is 0 Å². The third-order valence-electron chi connectivity index (χ3n) is 3.06. The molecule has 5 atom stereocenters. The summed E-state index contributed by atoms with van der Waals surface area (Å²) >= 11 is 0. The van der Waals surface area contributed by atoms with Gasteiger partial charge in [-0.3, -0.25) is 19.2 Å². The standard InChI is InChI=1S/C14H21NO9/c1-6(16)15-5-10-11(20)12(21-7(2)17)13(22-8(3)18)14(24-10)23-9(4)19/h10-14,20H,5H2,1-4H3,(H,15,16)/t10-,11-,12+,13-,14-/m1/s1. The monoisotopic (exact) mass is 347 g/mol. The average molecular weight is 347 g/mol. The van der Waals surface area contributed by atoms with Crippen molar-refractivity contribution < 1.29 is 43.2 Å². The van der Waals surface area contributed by atoms with E-state index in [4.69, 9.17) is 18.9 Å². The number of carbonyl (C=O) groups is 4. The fraction of sp³-hybridized carbons (Fsp3) is 0.714. The Bertz CT molecular complexity index is 506. The molecular formula is C14H21NO9. The van der Waals surface area contributed by atoms with Crippen molar-refractivity contribution in [1.82, 2.24) is 5.32 Å². The van der Waals surface area contributed by atoms with Crippen molar-refractivity contribution in [2.75, 3.05) is 6.54 Å². The first kappa shape index (κ1) is 19.8. The molecule has 1 fully saturated rings. The summed E-state index contributed by atoms with van der Waals surface area (Å²) in [6.07, 6.45) is -6.55. The van der Waals surface area contributed by atoms with E-state index in [1.807, 2.05) is 0 Å². The summed E-state index contributed by atoms with van der Waals surface area (Å²) in [4.78, 5) is 44.9. The Balaban J connectivity index is 3.07. The molecule has 0 aromatic carbocycles. The van der Waals surface area contributed by atoms with Crippen molar-refractivity contribution >= 4 is 23.8 Å². The summed E-state index contributed by atoms with van der Waals surface area (Å²) in [5, 5.41) is 12.8. The number of aliphatic hydroxyl groups excluding tert-OH is 1. The normalized spacial score (nSPS) is 29.3. The summed E-state index contributed by atoms with van der Waals surface area (Å²) in [7, 11) is 0. The van der Waals surface area contributed by atoms with E-state index in [2.05, 4.69) is 5.32 Å². The SMILES string of the molecule is CC(=O)NC[C@H]1O[C@@H](OC(C)=O)[C@H](OC(C)=O)[C@@H](OC(C)=O)[C@@H]1O. The fourth-order valence-electron chi connectivity index (χ4n) is 2.21. The minimum atomic E-state index is -1.42. The number of esters is 3. The first-order chi connectivity index (χ1) is 11.1. The van der Waals surface area contributed by atoms with Crippen LogP contribution in [0.1, 0.15) is 27.7 Å². The first-order valence-corrected chi connectivity index (χ1v) is 7.21. The number of aliphatic hydroxyl groups is 1. The van der Waals surface area contributed by atoms with Crippen LogP contribution in [0.15, 0.2) is 0 Å². The van der Waals surface area contributed by atoms with E-state index in [0.717, 1.165) is 20.8 Å². The van der Waals surface area contributed by atoms with Crippen LogP contribution in [-0.2, 0) is 38.1 Å². The molecule has 0 unspecified atom stereocenters. The maximum absolute atomic E-state index is 11.3. The second-order valence-electron chi connectivity index (χ2n) is 5.23. The van der Waals surface area contributed by atoms with E-state index in [0.29, 0.717) is 0 Å². The lowest BCUT2D eigenvalue weighted by molar-refractivity contribution is -0.292. The third kappa shape index (κ3) is 5.78. The molecule has 0 aromatic heterocycles. The fourth-order valence-corrected chi connectivity index (χ4v) is 2.21. The van der Waals surface area contributed by atoms with Crippen molar-refractivity contribution in [3.05, 3.63) is 0 Å². The van der Waals surface area contributed by atoms with Crippen LogP contribution >= 0.6 is 0 Å². The summed E-state index contributed by atoms with van der Waals surface area (Å²) in [6, 6.07) is 0. The van der Waals surface area contributed by atoms with Gasteiger partial charge in [-0.2, -0.15) is 0 Å². The highest BCUT2D eigenvalue weighted by Gasteiger charge is 2.50. The zero-order valence-electron chi connectivity index (χ0n) is 13.8. The summed E-state index contributed by atoms with van der Waals surface area (Å²) in [5.41, 5.74) is 0. The molecule has 1 saturated heterocycles. The Kier molecular flexibility index (Phi) is 7.11. The molecule has 1 rings (SSSR count). The van der Waals surface area contributed by atoms with E-state index in [1.54, 1.807) is 0 Å². The zero-order chi connectivity index (χ0) is 18.4. The van der Waals surface area contributed by atoms with Crippen LogP contribution in [0, 0.1) is 0 Å². The molecule has 2 N–H and O–H groups in total. The summed E-state index contributed by atoms with van der Waals surface area (Å²) in [5.74, 6) is -2.59. The molecule has 1 heterocycles. The number of rotatable bonds is 5. The van der Waals surface area contributed by atoms with Gasteiger partial charge in [-0.25, -0.2) is 0 Å². The predicted octanol–water partition coefficient (Wildman–Crippen LogP) is -1.37. The zero-order valence-corrected chi connectivity index (χ0v) is 13.8. The van der Waals surface area contributed by atoms with E-state index in [1.165, 1.54) is 6.92 Å². The lowest BCUT2D eigenvalue weighted by atomic mass is 9.98. The van der Waals surface area contributed by atoms with Crippen LogP contribution in [0.5, 0.6) is 0 Å². The quantitative estimate of drug-likeness (QED) is 0.456. The van der Waals surface area contributed by atoms with E-state index in [-0.39, 0.29) is 12.5 Å². The summed E-state index contributed by atoms with van der Waals surface area (Å²) in [6.45, 7) is 4.47. The molecule has 0 aromatic rings. The van der Waals surface area contributed by atoms with Crippen molar-refractivity contribution in [2.24, 2.45) is 0 Å². The molecule has 24 heavy (non-hydrogen) atoms. The Morgan fingerprint density at radius 2 is 1.42 bits per heavy atom. The van der Waals surface area contributed by atoms with E-state index < -0.39 is 48.6 Å². The first-order valence-electron chi connectivity index (χ1n) is 7.21. The van der Waals surface area contributed by atoms with Gasteiger partial charge in [-0.1, -0.05) is 0 Å². The van der Waals surface area contributed by atoms with E-state index >= 15 is 0 Å². The van der Waals surface area contributed by atoms with Gasteiger partial charge in [0, 0.05) is 34.2 Å². The van der Waals surface area contributed by atoms with Gasteiger partial charge in [0.1, 0.15) is 12.2 Å². The molecule has 10 nitrogen and oxygen atoms in total. The second kappa shape index (κ2) is 8.60. The molecule has 0 aliphatic carbocycles. The lowest BCUT2D eigenvalue weighted by Crippen LogP contribution is -2.63. The highest BCUT2D eigenvalue weighted by Crippen LogP contribution is 2.27. The molecule has 0 saturated carbocycles. The van der Waals surface area contributed by atoms with Crippen LogP contribution in [0.25, 0.3) is 0 Å². The number of amides is 1. The highest BCUT2D eigenvalue weighted by molar-refractivity contribution is 5.72. The van der Waals surface area contributed by atoms with Crippen molar-refractivity contribution in [1.29, 1.82) is 0 Å². The maximum Gasteiger partial charge on any atom is 0.305 e. The second-order valence-corrected chi connectivity index (χ2v) is 5.23. The maximum atomic E-state index is 11.3. The van der Waals surface area contributed by atoms with Crippen LogP contribution in [0.2, 0.25) is 0 Å². The van der Waals surface area contributed by atoms with Crippen molar-refractivity contribution in [3.8, 4) is 0 Å². The molecule has 1 aliphatic heterocycles. The van der Waals surface area contributed by atoms with Crippen molar-refractivity contribution in [2.45, 2.75) is 58.4 Å². The van der Waals surface area contributed by atoms with Gasteiger partial charge in [-0.15, -0.1) is 0 Å². The Morgan fingerprint density at radius 1 is 0.917 bits per heavy atom. The molecule has 0 bridgehead atoms. The molecule has 10 heteroatoms. The van der Waals surface area contributed by atoms with Gasteiger partial charge in [0.05, 0.1) is 0 Å². The number of nitrogens with one attached hydrogen (secondary N) is 1. The largest absolute Gasteiger partial charge is 0.455 e. The van der Waals surface area contributed by atoms with Crippen LogP contribution < -0.4 is 5.32 Å². The lowest BCUT2D eigenvalue weighted by Gasteiger charge is -2.42. The van der Waals surface area contributed by atoms with Gasteiger partial charge in [0.15, 0.2) is 6.10 Å². The predicted molar refractivity (Wildman–Crippen MR) is 76.2 cm³/mol. The van der Waals surface area contributed by atoms with E-state index in [9.17, 15) is 24.3 Å². The Hall–Kier alpha value is -2.20. The molecule has 1 aliphatic rings. The Labute approximate surface area is 138 Å². The Morgan fingerprint density at radius 3 is 1.88 bits per heavy atom. The molecule has 0 spiro atoms. The van der Waals surface area contributed by atoms with Crippen molar-refractivity contribution in [3.63, 3.8) is 0 Å². The van der Waals surface area contributed by atoms with Crippen LogP contribution in [-0.4, -0.2) is 66.2 Å². The third-order valence-corrected chi connectivity index (χ3v) is 3.06. The van der Waals surface area contributed by atoms with Gasteiger partial charge >= 0.3 is 17.9 Å². The average Bonchev–Trinajstić information content (AvgIpc) is 2.42. The number of hydrogen-bond donors (Lipinski definition) is 2. The number of hydrogen-bond acceptors (Lipinski definition) is 9. The smallest absolute Gasteiger partial charge is 0.305 e. The highest BCUT2D eigenvalue weighted by atomic mass is 16.7. The van der Waals surface area contributed by atoms with Gasteiger partial charge < -0.3 is 29.4 Å². The van der Waals surface area contributed by atoms with Gasteiger partial charge in [-0.05, 0) is 0 Å². The minimum absolute atomic E-state index is 0.126. The minimum Gasteiger partial charge on any atom is -0.455 e. The molecule has 0 radical (unpaired) electrons.